The second-order valence-corrected chi connectivity index (χ2v) is 3.58. The molecule has 0 fully saturated rings. The molecule has 0 saturated carbocycles. The Kier molecular flexibility index (Phi) is 7.42. The summed E-state index contributed by atoms with van der Waals surface area (Å²) in [5, 5.41) is 0. The highest BCUT2D eigenvalue weighted by Gasteiger charge is 2.15. The van der Waals surface area contributed by atoms with Crippen molar-refractivity contribution in [2.45, 2.75) is 19.8 Å². The number of hydrogen-bond donors (Lipinski definition) is 1. The third-order valence-electron chi connectivity index (χ3n) is 2.24. The predicted octanol–water partition coefficient (Wildman–Crippen LogP) is 0.466. The molecule has 2 N–H and O–H groups in total. The zero-order valence-electron chi connectivity index (χ0n) is 9.45. The Balaban J connectivity index is 3.74. The minimum atomic E-state index is 0.0348. The number of carbonyl (C=O) groups is 1. The summed E-state index contributed by atoms with van der Waals surface area (Å²) in [6.07, 6.45) is 1.64. The van der Waals surface area contributed by atoms with E-state index in [9.17, 15) is 4.79 Å². The summed E-state index contributed by atoms with van der Waals surface area (Å²) in [4.78, 5) is 13.4. The van der Waals surface area contributed by atoms with Crippen molar-refractivity contribution in [2.24, 2.45) is 11.7 Å². The third kappa shape index (κ3) is 5.19. The lowest BCUT2D eigenvalue weighted by Crippen LogP contribution is -2.33. The van der Waals surface area contributed by atoms with E-state index in [4.69, 9.17) is 10.5 Å². The quantitative estimate of drug-likeness (QED) is 0.610. The predicted molar refractivity (Wildman–Crippen MR) is 57.0 cm³/mol. The molecular weight excluding hydrogens is 180 g/mol. The fourth-order valence-electron chi connectivity index (χ4n) is 1.31. The monoisotopic (exact) mass is 202 g/mol. The van der Waals surface area contributed by atoms with Crippen molar-refractivity contribution in [3.05, 3.63) is 0 Å². The Hall–Kier alpha value is -0.610. The second-order valence-electron chi connectivity index (χ2n) is 3.58. The second kappa shape index (κ2) is 7.76. The van der Waals surface area contributed by atoms with Gasteiger partial charge in [0.15, 0.2) is 0 Å². The first kappa shape index (κ1) is 13.4. The highest BCUT2D eigenvalue weighted by molar-refractivity contribution is 5.78. The maximum Gasteiger partial charge on any atom is 0.225 e. The number of carbonyl (C=O) groups excluding carboxylic acids is 1. The van der Waals surface area contributed by atoms with Crippen molar-refractivity contribution in [3.63, 3.8) is 0 Å². The molecule has 0 saturated heterocycles. The van der Waals surface area contributed by atoms with Crippen LogP contribution in [0.3, 0.4) is 0 Å². The minimum absolute atomic E-state index is 0.0348. The number of rotatable bonds is 7. The van der Waals surface area contributed by atoms with Gasteiger partial charge in [0.05, 0.1) is 0 Å². The molecular formula is C10H22N2O2. The van der Waals surface area contributed by atoms with Crippen LogP contribution in [-0.4, -0.2) is 44.7 Å². The summed E-state index contributed by atoms with van der Waals surface area (Å²) in [7, 11) is 3.49. The van der Waals surface area contributed by atoms with Gasteiger partial charge in [-0.15, -0.1) is 0 Å². The normalized spacial score (nSPS) is 12.6. The number of hydrogen-bond acceptors (Lipinski definition) is 3. The van der Waals surface area contributed by atoms with Gasteiger partial charge >= 0.3 is 0 Å². The van der Waals surface area contributed by atoms with Crippen LogP contribution < -0.4 is 5.73 Å². The van der Waals surface area contributed by atoms with E-state index in [1.165, 1.54) is 0 Å². The molecule has 1 atom stereocenters. The average molecular weight is 202 g/mol. The molecule has 0 bridgehead atoms. The Morgan fingerprint density at radius 2 is 2.21 bits per heavy atom. The molecule has 0 aromatic rings. The molecule has 0 heterocycles. The molecule has 0 aliphatic rings. The smallest absolute Gasteiger partial charge is 0.225 e. The fourth-order valence-corrected chi connectivity index (χ4v) is 1.31. The maximum atomic E-state index is 11.7. The van der Waals surface area contributed by atoms with Gasteiger partial charge in [0, 0.05) is 33.2 Å². The van der Waals surface area contributed by atoms with E-state index in [2.05, 4.69) is 0 Å². The fraction of sp³-hybridized carbons (Fsp3) is 0.900. The maximum absolute atomic E-state index is 11.7. The van der Waals surface area contributed by atoms with E-state index < -0.39 is 0 Å². The van der Waals surface area contributed by atoms with Gasteiger partial charge in [-0.05, 0) is 19.4 Å². The third-order valence-corrected chi connectivity index (χ3v) is 2.24. The topological polar surface area (TPSA) is 55.6 Å². The molecule has 0 spiro atoms. The van der Waals surface area contributed by atoms with E-state index >= 15 is 0 Å². The van der Waals surface area contributed by atoms with E-state index in [-0.39, 0.29) is 11.8 Å². The Labute approximate surface area is 86.4 Å². The van der Waals surface area contributed by atoms with Crippen LogP contribution in [-0.2, 0) is 9.53 Å². The van der Waals surface area contributed by atoms with Crippen molar-refractivity contribution in [1.29, 1.82) is 0 Å². The molecule has 0 rings (SSSR count). The summed E-state index contributed by atoms with van der Waals surface area (Å²) in [5.41, 5.74) is 5.40. The molecule has 0 aromatic heterocycles. The summed E-state index contributed by atoms with van der Waals surface area (Å²) in [6.45, 7) is 3.94. The molecule has 1 amide bonds. The van der Waals surface area contributed by atoms with Gasteiger partial charge in [0.2, 0.25) is 5.91 Å². The van der Waals surface area contributed by atoms with Crippen molar-refractivity contribution < 1.29 is 9.53 Å². The number of nitrogens with zero attached hydrogens (tertiary/aromatic N) is 1. The van der Waals surface area contributed by atoms with Crippen LogP contribution in [0.5, 0.6) is 0 Å². The molecule has 84 valence electrons. The zero-order valence-corrected chi connectivity index (χ0v) is 9.45. The van der Waals surface area contributed by atoms with Gasteiger partial charge in [0.25, 0.3) is 0 Å². The first-order valence-electron chi connectivity index (χ1n) is 5.07. The van der Waals surface area contributed by atoms with E-state index in [0.29, 0.717) is 13.2 Å². The van der Waals surface area contributed by atoms with Gasteiger partial charge in [-0.25, -0.2) is 0 Å². The van der Waals surface area contributed by atoms with Crippen molar-refractivity contribution in [3.8, 4) is 0 Å². The molecule has 0 aliphatic heterocycles. The number of amides is 1. The Morgan fingerprint density at radius 3 is 2.71 bits per heavy atom. The molecule has 0 radical (unpaired) electrons. The largest absolute Gasteiger partial charge is 0.385 e. The van der Waals surface area contributed by atoms with Gasteiger partial charge in [-0.2, -0.15) is 0 Å². The first-order chi connectivity index (χ1) is 6.63. The Morgan fingerprint density at radius 1 is 1.57 bits per heavy atom. The Bertz CT molecular complexity index is 162. The summed E-state index contributed by atoms with van der Waals surface area (Å²) in [5.74, 6) is 0.207. The molecule has 1 unspecified atom stereocenters. The van der Waals surface area contributed by atoms with Crippen LogP contribution in [0.1, 0.15) is 19.8 Å². The van der Waals surface area contributed by atoms with Crippen LogP contribution >= 0.6 is 0 Å². The lowest BCUT2D eigenvalue weighted by Gasteiger charge is -2.20. The van der Waals surface area contributed by atoms with E-state index in [0.717, 1.165) is 19.4 Å². The first-order valence-corrected chi connectivity index (χ1v) is 5.07. The van der Waals surface area contributed by atoms with Crippen LogP contribution in [0.15, 0.2) is 0 Å². The number of methoxy groups -OCH3 is 1. The van der Waals surface area contributed by atoms with Crippen LogP contribution in [0.2, 0.25) is 0 Å². The lowest BCUT2D eigenvalue weighted by atomic mass is 10.1. The SMILES string of the molecule is COCCCN(C)C(=O)C(C)CCN. The molecule has 4 heteroatoms. The summed E-state index contributed by atoms with van der Waals surface area (Å²) in [6, 6.07) is 0. The van der Waals surface area contributed by atoms with Gasteiger partial charge in [-0.1, -0.05) is 6.92 Å². The summed E-state index contributed by atoms with van der Waals surface area (Å²) >= 11 is 0. The van der Waals surface area contributed by atoms with Gasteiger partial charge in [-0.3, -0.25) is 4.79 Å². The lowest BCUT2D eigenvalue weighted by molar-refractivity contribution is -0.133. The highest BCUT2D eigenvalue weighted by atomic mass is 16.5. The molecule has 4 nitrogen and oxygen atoms in total. The van der Waals surface area contributed by atoms with Crippen LogP contribution in [0, 0.1) is 5.92 Å². The highest BCUT2D eigenvalue weighted by Crippen LogP contribution is 2.05. The van der Waals surface area contributed by atoms with Crippen LogP contribution in [0.4, 0.5) is 0 Å². The molecule has 0 aromatic carbocycles. The average Bonchev–Trinajstić information content (AvgIpc) is 2.17. The van der Waals surface area contributed by atoms with Gasteiger partial charge < -0.3 is 15.4 Å². The van der Waals surface area contributed by atoms with Crippen molar-refractivity contribution >= 4 is 5.91 Å². The van der Waals surface area contributed by atoms with Gasteiger partial charge in [0.1, 0.15) is 0 Å². The van der Waals surface area contributed by atoms with Crippen molar-refractivity contribution in [1.82, 2.24) is 4.90 Å². The minimum Gasteiger partial charge on any atom is -0.385 e. The van der Waals surface area contributed by atoms with Crippen molar-refractivity contribution in [2.75, 3.05) is 33.9 Å². The molecule has 0 aliphatic carbocycles. The van der Waals surface area contributed by atoms with E-state index in [1.807, 2.05) is 14.0 Å². The number of ether oxygens (including phenoxy) is 1. The number of nitrogens with two attached hydrogens (primary N) is 1. The van der Waals surface area contributed by atoms with E-state index in [1.54, 1.807) is 12.0 Å². The summed E-state index contributed by atoms with van der Waals surface area (Å²) < 4.78 is 4.92. The zero-order chi connectivity index (χ0) is 11.0. The standard InChI is InChI=1S/C10H22N2O2/c1-9(5-6-11)10(13)12(2)7-4-8-14-3/h9H,4-8,11H2,1-3H3. The van der Waals surface area contributed by atoms with Crippen LogP contribution in [0.25, 0.3) is 0 Å². The molecule has 14 heavy (non-hydrogen) atoms.